The molecular formula is C7H6NO2-. The second-order valence-corrected chi connectivity index (χ2v) is 1.77. The van der Waals surface area contributed by atoms with Gasteiger partial charge in [-0.05, 0) is 6.08 Å². The van der Waals surface area contributed by atoms with Crippen LogP contribution in [-0.4, -0.2) is 5.97 Å². The smallest absolute Gasteiger partial charge is 0.0729 e. The van der Waals surface area contributed by atoms with Gasteiger partial charge in [-0.25, -0.2) is 0 Å². The molecule has 0 amide bonds. The molecule has 0 radical (unpaired) electrons. The van der Waals surface area contributed by atoms with Crippen molar-refractivity contribution >= 4 is 5.97 Å². The van der Waals surface area contributed by atoms with E-state index in [9.17, 15) is 9.90 Å². The van der Waals surface area contributed by atoms with E-state index in [-0.39, 0.29) is 5.57 Å². The lowest BCUT2D eigenvalue weighted by Gasteiger charge is -1.99. The molecule has 1 heterocycles. The van der Waals surface area contributed by atoms with Gasteiger partial charge in [0.25, 0.3) is 0 Å². The maximum atomic E-state index is 10.2. The minimum absolute atomic E-state index is 0.144. The fourth-order valence-electron chi connectivity index (χ4n) is 0.583. The van der Waals surface area contributed by atoms with Crippen LogP contribution >= 0.6 is 0 Å². The van der Waals surface area contributed by atoms with Crippen molar-refractivity contribution in [1.82, 2.24) is 5.32 Å². The van der Waals surface area contributed by atoms with Gasteiger partial charge in [-0.2, -0.15) is 0 Å². The summed E-state index contributed by atoms with van der Waals surface area (Å²) in [7, 11) is 0. The van der Waals surface area contributed by atoms with Crippen LogP contribution in [0.15, 0.2) is 36.2 Å². The Morgan fingerprint density at radius 1 is 1.50 bits per heavy atom. The van der Waals surface area contributed by atoms with Gasteiger partial charge in [0.05, 0.1) is 5.97 Å². The lowest BCUT2D eigenvalue weighted by molar-refractivity contribution is -0.298. The Bertz CT molecular complexity index is 226. The Kier molecular flexibility index (Phi) is 1.89. The third-order valence-electron chi connectivity index (χ3n) is 1.05. The molecule has 3 nitrogen and oxygen atoms in total. The zero-order valence-electron chi connectivity index (χ0n) is 5.20. The number of hydrogen-bond acceptors (Lipinski definition) is 3. The maximum absolute atomic E-state index is 10.2. The average Bonchev–Trinajstić information content (AvgIpc) is 2.12. The minimum atomic E-state index is -1.17. The van der Waals surface area contributed by atoms with E-state index in [0.717, 1.165) is 0 Å². The Balaban J connectivity index is 2.78. The zero-order valence-corrected chi connectivity index (χ0v) is 5.20. The van der Waals surface area contributed by atoms with Gasteiger partial charge in [0.1, 0.15) is 0 Å². The van der Waals surface area contributed by atoms with Crippen LogP contribution in [0.5, 0.6) is 0 Å². The molecule has 0 fully saturated rings. The van der Waals surface area contributed by atoms with Gasteiger partial charge in [-0.3, -0.25) is 0 Å². The Labute approximate surface area is 58.4 Å². The second-order valence-electron chi connectivity index (χ2n) is 1.77. The number of rotatable bonds is 1. The molecule has 1 N–H and O–H groups in total. The van der Waals surface area contributed by atoms with E-state index in [2.05, 4.69) is 5.32 Å². The summed E-state index contributed by atoms with van der Waals surface area (Å²) in [6.07, 6.45) is 7.79. The molecular weight excluding hydrogens is 130 g/mol. The Morgan fingerprint density at radius 2 is 2.30 bits per heavy atom. The third-order valence-corrected chi connectivity index (χ3v) is 1.05. The van der Waals surface area contributed by atoms with E-state index in [1.165, 1.54) is 12.3 Å². The minimum Gasteiger partial charge on any atom is -0.545 e. The quantitative estimate of drug-likeness (QED) is 0.518. The van der Waals surface area contributed by atoms with Gasteiger partial charge in [0.15, 0.2) is 0 Å². The molecule has 1 rings (SSSR count). The number of hydrogen-bond donors (Lipinski definition) is 1. The number of carboxylic acids is 1. The lowest BCUT2D eigenvalue weighted by Crippen LogP contribution is -2.24. The maximum Gasteiger partial charge on any atom is 0.0729 e. The van der Waals surface area contributed by atoms with Crippen molar-refractivity contribution < 1.29 is 9.90 Å². The standard InChI is InChI=1S/C7H7NO2/c9-7(10)6-3-1-2-4-8-5-6/h1-5,8H,(H,9,10)/p-1. The molecule has 10 heavy (non-hydrogen) atoms. The molecule has 0 aromatic carbocycles. The lowest BCUT2D eigenvalue weighted by atomic mass is 10.3. The van der Waals surface area contributed by atoms with Crippen molar-refractivity contribution in [2.45, 2.75) is 0 Å². The zero-order chi connectivity index (χ0) is 7.40. The Morgan fingerprint density at radius 3 is 3.00 bits per heavy atom. The highest BCUT2D eigenvalue weighted by atomic mass is 16.4. The summed E-state index contributed by atoms with van der Waals surface area (Å²) >= 11 is 0. The highest BCUT2D eigenvalue weighted by Gasteiger charge is 1.91. The van der Waals surface area contributed by atoms with Crippen molar-refractivity contribution in [1.29, 1.82) is 0 Å². The predicted octanol–water partition coefficient (Wildman–Crippen LogP) is -0.707. The van der Waals surface area contributed by atoms with Crippen molar-refractivity contribution in [3.05, 3.63) is 36.2 Å². The highest BCUT2D eigenvalue weighted by Crippen LogP contribution is 1.96. The largest absolute Gasteiger partial charge is 0.545 e. The van der Waals surface area contributed by atoms with E-state index in [0.29, 0.717) is 0 Å². The van der Waals surface area contributed by atoms with Crippen LogP contribution in [0.4, 0.5) is 0 Å². The summed E-state index contributed by atoms with van der Waals surface area (Å²) < 4.78 is 0. The van der Waals surface area contributed by atoms with E-state index >= 15 is 0 Å². The first-order valence-corrected chi connectivity index (χ1v) is 2.81. The summed E-state index contributed by atoms with van der Waals surface area (Å²) in [6, 6.07) is 0. The second kappa shape index (κ2) is 2.87. The van der Waals surface area contributed by atoms with Crippen molar-refractivity contribution in [3.63, 3.8) is 0 Å². The van der Waals surface area contributed by atoms with Crippen LogP contribution in [0.25, 0.3) is 0 Å². The summed E-state index contributed by atoms with van der Waals surface area (Å²) in [4.78, 5) is 10.2. The van der Waals surface area contributed by atoms with Crippen LogP contribution in [0, 0.1) is 0 Å². The number of allylic oxidation sites excluding steroid dienone is 2. The van der Waals surface area contributed by atoms with E-state index in [1.807, 2.05) is 0 Å². The third kappa shape index (κ3) is 1.48. The molecule has 1 aliphatic heterocycles. The topological polar surface area (TPSA) is 52.2 Å². The van der Waals surface area contributed by atoms with Crippen molar-refractivity contribution in [2.75, 3.05) is 0 Å². The fourth-order valence-corrected chi connectivity index (χ4v) is 0.583. The van der Waals surface area contributed by atoms with Gasteiger partial charge in [-0.15, -0.1) is 0 Å². The summed E-state index contributed by atoms with van der Waals surface area (Å²) in [5.41, 5.74) is 0.144. The van der Waals surface area contributed by atoms with E-state index in [1.54, 1.807) is 18.4 Å². The summed E-state index contributed by atoms with van der Waals surface area (Å²) in [6.45, 7) is 0. The van der Waals surface area contributed by atoms with Gasteiger partial charge in [0, 0.05) is 18.0 Å². The normalized spacial score (nSPS) is 15.4. The molecule has 52 valence electrons. The molecule has 0 saturated heterocycles. The van der Waals surface area contributed by atoms with Crippen LogP contribution in [0.1, 0.15) is 0 Å². The molecule has 0 spiro atoms. The van der Waals surface area contributed by atoms with Crippen molar-refractivity contribution in [2.24, 2.45) is 0 Å². The molecule has 1 aliphatic rings. The molecule has 0 aromatic rings. The molecule has 0 bridgehead atoms. The first-order chi connectivity index (χ1) is 4.80. The summed E-state index contributed by atoms with van der Waals surface area (Å²) in [5, 5.41) is 12.9. The molecule has 0 aliphatic carbocycles. The van der Waals surface area contributed by atoms with E-state index < -0.39 is 5.97 Å². The Hall–Kier alpha value is -1.51. The molecule has 0 saturated carbocycles. The summed E-state index contributed by atoms with van der Waals surface area (Å²) in [5.74, 6) is -1.17. The fraction of sp³-hybridized carbons (Fsp3) is 0. The van der Waals surface area contributed by atoms with Crippen LogP contribution in [0.2, 0.25) is 0 Å². The number of carbonyl (C=O) groups is 1. The number of nitrogens with one attached hydrogen (secondary N) is 1. The van der Waals surface area contributed by atoms with E-state index in [4.69, 9.17) is 0 Å². The van der Waals surface area contributed by atoms with Gasteiger partial charge in [-0.1, -0.05) is 12.2 Å². The molecule has 3 heteroatoms. The van der Waals surface area contributed by atoms with Crippen LogP contribution in [-0.2, 0) is 4.79 Å². The first-order valence-electron chi connectivity index (χ1n) is 2.81. The van der Waals surface area contributed by atoms with Gasteiger partial charge >= 0.3 is 0 Å². The van der Waals surface area contributed by atoms with Gasteiger partial charge < -0.3 is 15.2 Å². The monoisotopic (exact) mass is 136 g/mol. The SMILES string of the molecule is O=C([O-])C1=CNC=CC=C1. The molecule has 0 aromatic heterocycles. The molecule has 0 unspecified atom stereocenters. The number of carbonyl (C=O) groups excluding carboxylic acids is 1. The van der Waals surface area contributed by atoms with Crippen LogP contribution < -0.4 is 10.4 Å². The van der Waals surface area contributed by atoms with Crippen LogP contribution in [0.3, 0.4) is 0 Å². The number of aliphatic carboxylic acids is 1. The predicted molar refractivity (Wildman–Crippen MR) is 34.5 cm³/mol. The average molecular weight is 136 g/mol. The first kappa shape index (κ1) is 6.61. The van der Waals surface area contributed by atoms with Crippen molar-refractivity contribution in [3.8, 4) is 0 Å². The highest BCUT2D eigenvalue weighted by molar-refractivity contribution is 5.88. The molecule has 0 atom stereocenters. The van der Waals surface area contributed by atoms with Gasteiger partial charge in [0.2, 0.25) is 0 Å². The number of carboxylic acid groups (broad SMARTS) is 1.